The molecule has 0 aliphatic rings. The first kappa shape index (κ1) is 17.6. The largest absolute Gasteiger partial charge is 0.335 e. The number of nitrogens with zero attached hydrogens (tertiary/aromatic N) is 2. The lowest BCUT2D eigenvalue weighted by atomic mass is 10.2. The fourth-order valence-corrected chi connectivity index (χ4v) is 2.77. The van der Waals surface area contributed by atoms with Crippen molar-refractivity contribution in [3.05, 3.63) is 72.3 Å². The van der Waals surface area contributed by atoms with Crippen molar-refractivity contribution in [2.75, 3.05) is 18.4 Å². The lowest BCUT2D eigenvalue weighted by Gasteiger charge is -2.18. The van der Waals surface area contributed by atoms with Gasteiger partial charge in [-0.2, -0.15) is 0 Å². The molecule has 1 heterocycles. The lowest BCUT2D eigenvalue weighted by Crippen LogP contribution is -2.32. The Balaban J connectivity index is 1.97. The van der Waals surface area contributed by atoms with Crippen LogP contribution in [0.3, 0.4) is 0 Å². The van der Waals surface area contributed by atoms with Crippen molar-refractivity contribution >= 4 is 28.3 Å². The van der Waals surface area contributed by atoms with Crippen LogP contribution in [0.4, 0.5) is 5.13 Å². The van der Waals surface area contributed by atoms with Gasteiger partial charge in [-0.05, 0) is 12.1 Å². The third kappa shape index (κ3) is 4.89. The molecule has 5 nitrogen and oxygen atoms in total. The molecule has 1 aromatic carbocycles. The second-order valence-corrected chi connectivity index (χ2v) is 5.88. The number of carbonyl (C=O) groups is 2. The molecule has 1 N–H and O–H groups in total. The average Bonchev–Trinajstić information content (AvgIpc) is 3.02. The fourth-order valence-electron chi connectivity index (χ4n) is 2.06. The van der Waals surface area contributed by atoms with E-state index in [1.54, 1.807) is 46.7 Å². The van der Waals surface area contributed by atoms with E-state index in [4.69, 9.17) is 0 Å². The van der Waals surface area contributed by atoms with Crippen LogP contribution in [0.25, 0.3) is 0 Å². The number of hydrogen-bond acceptors (Lipinski definition) is 4. The van der Waals surface area contributed by atoms with Gasteiger partial charge in [0.05, 0.1) is 12.1 Å². The summed E-state index contributed by atoms with van der Waals surface area (Å²) in [6.07, 6.45) is 3.53. The Morgan fingerprint density at radius 3 is 2.46 bits per heavy atom. The van der Waals surface area contributed by atoms with Crippen LogP contribution in [0.2, 0.25) is 0 Å². The zero-order valence-electron chi connectivity index (χ0n) is 13.3. The SMILES string of the molecule is C=CCN(CC=C)C(=O)Cc1csc(NC(=O)c2ccccc2)n1. The number of aromatic nitrogens is 1. The molecule has 0 aliphatic heterocycles. The van der Waals surface area contributed by atoms with Crippen LogP contribution in [0, 0.1) is 0 Å². The number of rotatable bonds is 8. The van der Waals surface area contributed by atoms with E-state index in [9.17, 15) is 9.59 Å². The van der Waals surface area contributed by atoms with Gasteiger partial charge >= 0.3 is 0 Å². The number of anilines is 1. The quantitative estimate of drug-likeness (QED) is 0.750. The fraction of sp³-hybridized carbons (Fsp3) is 0.167. The molecule has 0 radical (unpaired) electrons. The smallest absolute Gasteiger partial charge is 0.257 e. The van der Waals surface area contributed by atoms with Gasteiger partial charge in [-0.3, -0.25) is 14.9 Å². The molecule has 0 aliphatic carbocycles. The molecule has 1 aromatic heterocycles. The average molecular weight is 341 g/mol. The molecule has 0 saturated carbocycles. The van der Waals surface area contributed by atoms with Crippen LogP contribution in [0.15, 0.2) is 61.0 Å². The minimum Gasteiger partial charge on any atom is -0.335 e. The zero-order valence-corrected chi connectivity index (χ0v) is 14.1. The lowest BCUT2D eigenvalue weighted by molar-refractivity contribution is -0.129. The monoisotopic (exact) mass is 341 g/mol. The van der Waals surface area contributed by atoms with E-state index >= 15 is 0 Å². The normalized spacial score (nSPS) is 10.0. The van der Waals surface area contributed by atoms with E-state index in [1.807, 2.05) is 6.07 Å². The van der Waals surface area contributed by atoms with Crippen molar-refractivity contribution in [1.29, 1.82) is 0 Å². The van der Waals surface area contributed by atoms with E-state index in [-0.39, 0.29) is 18.2 Å². The maximum Gasteiger partial charge on any atom is 0.257 e. The summed E-state index contributed by atoms with van der Waals surface area (Å²) < 4.78 is 0. The molecule has 0 atom stereocenters. The highest BCUT2D eigenvalue weighted by Crippen LogP contribution is 2.17. The van der Waals surface area contributed by atoms with Crippen LogP contribution >= 0.6 is 11.3 Å². The molecule has 6 heteroatoms. The number of carbonyl (C=O) groups excluding carboxylic acids is 2. The molecule has 2 aromatic rings. The molecule has 124 valence electrons. The second kappa shape index (κ2) is 8.79. The number of nitrogens with one attached hydrogen (secondary N) is 1. The number of thiazole rings is 1. The van der Waals surface area contributed by atoms with E-state index < -0.39 is 0 Å². The third-order valence-electron chi connectivity index (χ3n) is 3.19. The molecular formula is C18H19N3O2S. The summed E-state index contributed by atoms with van der Waals surface area (Å²) in [7, 11) is 0. The summed E-state index contributed by atoms with van der Waals surface area (Å²) in [5.74, 6) is -0.274. The van der Waals surface area contributed by atoms with Gasteiger partial charge in [0.15, 0.2) is 5.13 Å². The van der Waals surface area contributed by atoms with Crippen LogP contribution in [-0.2, 0) is 11.2 Å². The van der Waals surface area contributed by atoms with Crippen LogP contribution < -0.4 is 5.32 Å². The van der Waals surface area contributed by atoms with Crippen LogP contribution in [-0.4, -0.2) is 34.8 Å². The maximum absolute atomic E-state index is 12.3. The standard InChI is InChI=1S/C18H19N3O2S/c1-3-10-21(11-4-2)16(22)12-15-13-24-18(19-15)20-17(23)14-8-6-5-7-9-14/h3-9,13H,1-2,10-12H2,(H,19,20,23). The summed E-state index contributed by atoms with van der Waals surface area (Å²) in [6.45, 7) is 8.23. The number of amides is 2. The summed E-state index contributed by atoms with van der Waals surface area (Å²) in [6, 6.07) is 8.91. The second-order valence-electron chi connectivity index (χ2n) is 5.02. The molecule has 0 saturated heterocycles. The van der Waals surface area contributed by atoms with Crippen LogP contribution in [0.5, 0.6) is 0 Å². The van der Waals surface area contributed by atoms with Crippen molar-refractivity contribution in [3.8, 4) is 0 Å². The van der Waals surface area contributed by atoms with E-state index in [0.717, 1.165) is 0 Å². The Labute approximate surface area is 145 Å². The predicted molar refractivity (Wildman–Crippen MR) is 97.2 cm³/mol. The van der Waals surface area contributed by atoms with Crippen molar-refractivity contribution in [2.24, 2.45) is 0 Å². The first-order valence-corrected chi connectivity index (χ1v) is 8.32. The number of benzene rings is 1. The van der Waals surface area contributed by atoms with Gasteiger partial charge in [-0.1, -0.05) is 30.4 Å². The van der Waals surface area contributed by atoms with Crippen LogP contribution in [0.1, 0.15) is 16.1 Å². The van der Waals surface area contributed by atoms with Crippen molar-refractivity contribution < 1.29 is 9.59 Å². The Bertz CT molecular complexity index is 715. The van der Waals surface area contributed by atoms with Gasteiger partial charge in [0.25, 0.3) is 5.91 Å². The predicted octanol–water partition coefficient (Wildman–Crippen LogP) is 3.14. The minimum absolute atomic E-state index is 0.0546. The highest BCUT2D eigenvalue weighted by atomic mass is 32.1. The zero-order chi connectivity index (χ0) is 17.4. The molecule has 2 amide bonds. The Morgan fingerprint density at radius 1 is 1.17 bits per heavy atom. The summed E-state index contributed by atoms with van der Waals surface area (Å²) in [4.78, 5) is 30.3. The molecule has 0 unspecified atom stereocenters. The third-order valence-corrected chi connectivity index (χ3v) is 4.00. The topological polar surface area (TPSA) is 62.3 Å². The summed E-state index contributed by atoms with van der Waals surface area (Å²) in [5.41, 5.74) is 1.19. The Hall–Kier alpha value is -2.73. The van der Waals surface area contributed by atoms with Crippen molar-refractivity contribution in [2.45, 2.75) is 6.42 Å². The molecule has 0 spiro atoms. The molecular weight excluding hydrogens is 322 g/mol. The first-order chi connectivity index (χ1) is 11.6. The highest BCUT2D eigenvalue weighted by molar-refractivity contribution is 7.14. The van der Waals surface area contributed by atoms with Gasteiger partial charge < -0.3 is 4.90 Å². The van der Waals surface area contributed by atoms with Gasteiger partial charge in [-0.25, -0.2) is 4.98 Å². The Morgan fingerprint density at radius 2 is 1.83 bits per heavy atom. The van der Waals surface area contributed by atoms with Gasteiger partial charge in [-0.15, -0.1) is 24.5 Å². The van der Waals surface area contributed by atoms with Crippen molar-refractivity contribution in [1.82, 2.24) is 9.88 Å². The molecule has 0 bridgehead atoms. The summed E-state index contributed by atoms with van der Waals surface area (Å²) in [5, 5.41) is 5.00. The Kier molecular flexibility index (Phi) is 6.45. The maximum atomic E-state index is 12.3. The van der Waals surface area contributed by atoms with E-state index in [0.29, 0.717) is 29.5 Å². The van der Waals surface area contributed by atoms with E-state index in [2.05, 4.69) is 23.5 Å². The minimum atomic E-state index is -0.220. The van der Waals surface area contributed by atoms with E-state index in [1.165, 1.54) is 11.3 Å². The molecule has 2 rings (SSSR count). The van der Waals surface area contributed by atoms with Gasteiger partial charge in [0, 0.05) is 24.0 Å². The molecule has 0 fully saturated rings. The van der Waals surface area contributed by atoms with Gasteiger partial charge in [0.1, 0.15) is 0 Å². The highest BCUT2D eigenvalue weighted by Gasteiger charge is 2.14. The van der Waals surface area contributed by atoms with Gasteiger partial charge in [0.2, 0.25) is 5.91 Å². The summed E-state index contributed by atoms with van der Waals surface area (Å²) >= 11 is 1.30. The molecule has 24 heavy (non-hydrogen) atoms. The van der Waals surface area contributed by atoms with Crippen molar-refractivity contribution in [3.63, 3.8) is 0 Å². The first-order valence-electron chi connectivity index (χ1n) is 7.44. The number of hydrogen-bond donors (Lipinski definition) is 1.